The van der Waals surface area contributed by atoms with Crippen LogP contribution in [-0.4, -0.2) is 59.6 Å². The Hall–Kier alpha value is -4.70. The van der Waals surface area contributed by atoms with Gasteiger partial charge >= 0.3 is 5.97 Å². The summed E-state index contributed by atoms with van der Waals surface area (Å²) < 4.78 is 24.9. The number of aromatic amines is 1. The van der Waals surface area contributed by atoms with E-state index in [0.29, 0.717) is 28.7 Å². The van der Waals surface area contributed by atoms with E-state index in [1.165, 1.54) is 12.1 Å². The Morgan fingerprint density at radius 3 is 2.52 bits per heavy atom. The van der Waals surface area contributed by atoms with Gasteiger partial charge in [0.15, 0.2) is 0 Å². The summed E-state index contributed by atoms with van der Waals surface area (Å²) in [4.78, 5) is 59.8. The van der Waals surface area contributed by atoms with Crippen LogP contribution in [0.4, 0.5) is 5.69 Å². The lowest BCUT2D eigenvalue weighted by molar-refractivity contribution is -0.150. The number of sulfonamides is 1. The molecule has 1 heterocycles. The van der Waals surface area contributed by atoms with Gasteiger partial charge in [-0.3, -0.25) is 19.1 Å². The fraction of sp³-hybridized carbons (Fsp3) is 0.345. The molecule has 42 heavy (non-hydrogen) atoms. The molecule has 13 heteroatoms. The summed E-state index contributed by atoms with van der Waals surface area (Å²) >= 11 is 0. The number of carboxylic acids is 1. The van der Waals surface area contributed by atoms with Gasteiger partial charge in [-0.15, -0.1) is 6.42 Å². The van der Waals surface area contributed by atoms with Crippen molar-refractivity contribution in [2.24, 2.45) is 0 Å². The molecule has 4 rings (SSSR count). The number of carboxylic acid groups (broad SMARTS) is 1. The highest BCUT2D eigenvalue weighted by Crippen LogP contribution is 2.39. The number of carbonyl (C=O) groups excluding carboxylic acids is 2. The second-order valence-electron chi connectivity index (χ2n) is 10.3. The van der Waals surface area contributed by atoms with Crippen LogP contribution in [0.5, 0.6) is 0 Å². The predicted molar refractivity (Wildman–Crippen MR) is 157 cm³/mol. The molecule has 0 saturated carbocycles. The second-order valence-corrected chi connectivity index (χ2v) is 12.0. The van der Waals surface area contributed by atoms with E-state index in [1.54, 1.807) is 30.7 Å². The molecule has 12 nitrogen and oxygen atoms in total. The lowest BCUT2D eigenvalue weighted by Crippen LogP contribution is -2.64. The zero-order chi connectivity index (χ0) is 30.8. The first-order valence-electron chi connectivity index (χ1n) is 13.2. The van der Waals surface area contributed by atoms with Crippen LogP contribution in [0.1, 0.15) is 59.5 Å². The Morgan fingerprint density at radius 1 is 1.24 bits per heavy atom. The molecule has 2 amide bonds. The number of aromatic nitrogens is 2. The molecule has 1 aliphatic carbocycles. The molecule has 220 valence electrons. The first-order chi connectivity index (χ1) is 19.8. The number of rotatable bonds is 10. The zero-order valence-electron chi connectivity index (χ0n) is 23.4. The molecular weight excluding hydrogens is 562 g/mol. The highest BCUT2D eigenvalue weighted by molar-refractivity contribution is 7.89. The molecule has 1 aliphatic rings. The molecule has 0 saturated heterocycles. The number of hydrogen-bond donors (Lipinski definition) is 4. The number of nitrogens with one attached hydrogen (secondary N) is 3. The van der Waals surface area contributed by atoms with Gasteiger partial charge in [0.05, 0.1) is 29.7 Å². The maximum absolute atomic E-state index is 13.1. The monoisotopic (exact) mass is 593 g/mol. The minimum atomic E-state index is -4.08. The summed E-state index contributed by atoms with van der Waals surface area (Å²) in [5.41, 5.74) is 0.667. The average Bonchev–Trinajstić information content (AvgIpc) is 3.31. The number of aliphatic carboxylic acids is 1. The van der Waals surface area contributed by atoms with Crippen molar-refractivity contribution in [1.29, 1.82) is 0 Å². The summed E-state index contributed by atoms with van der Waals surface area (Å²) in [6, 6.07) is 9.87. The van der Waals surface area contributed by atoms with Crippen LogP contribution in [0.25, 0.3) is 10.9 Å². The zero-order valence-corrected chi connectivity index (χ0v) is 24.2. The van der Waals surface area contributed by atoms with Crippen molar-refractivity contribution in [2.75, 3.05) is 17.7 Å². The van der Waals surface area contributed by atoms with Crippen LogP contribution < -0.4 is 20.5 Å². The number of anilines is 1. The molecule has 1 unspecified atom stereocenters. The van der Waals surface area contributed by atoms with E-state index in [0.717, 1.165) is 24.0 Å². The fourth-order valence-corrected chi connectivity index (χ4v) is 5.84. The van der Waals surface area contributed by atoms with Gasteiger partial charge in [0.2, 0.25) is 15.6 Å². The number of amides is 2. The number of H-pyrrole nitrogens is 1. The summed E-state index contributed by atoms with van der Waals surface area (Å²) in [6.07, 6.45) is 7.75. The molecular formula is C29H31N5O7S. The summed E-state index contributed by atoms with van der Waals surface area (Å²) in [5.74, 6) is -0.722. The largest absolute Gasteiger partial charge is 0.479 e. The SMILES string of the molecule is C#CCN(c1ccc(C(=O)N[C@](CCC)(C(=O)O)C(=O)NS(C)(=O)=O)cc1)C1CCc2cc3nc(C)[nH]c(=O)c3cc21. The normalized spacial score (nSPS) is 15.7. The fourth-order valence-electron chi connectivity index (χ4n) is 5.33. The summed E-state index contributed by atoms with van der Waals surface area (Å²) in [5, 5.41) is 12.6. The van der Waals surface area contributed by atoms with E-state index < -0.39 is 33.3 Å². The van der Waals surface area contributed by atoms with Gasteiger partial charge in [-0.25, -0.2) is 18.2 Å². The number of hydrogen-bond acceptors (Lipinski definition) is 8. The van der Waals surface area contributed by atoms with Crippen molar-refractivity contribution >= 4 is 44.4 Å². The quantitative estimate of drug-likeness (QED) is 0.201. The van der Waals surface area contributed by atoms with Crippen LogP contribution >= 0.6 is 0 Å². The number of benzene rings is 2. The van der Waals surface area contributed by atoms with Crippen molar-refractivity contribution in [1.82, 2.24) is 20.0 Å². The Bertz CT molecular complexity index is 1780. The lowest BCUT2D eigenvalue weighted by Gasteiger charge is -2.31. The van der Waals surface area contributed by atoms with Crippen molar-refractivity contribution in [2.45, 2.75) is 51.1 Å². The summed E-state index contributed by atoms with van der Waals surface area (Å²) in [7, 11) is -4.08. The summed E-state index contributed by atoms with van der Waals surface area (Å²) in [6.45, 7) is 3.57. The van der Waals surface area contributed by atoms with Gasteiger partial charge in [-0.1, -0.05) is 19.3 Å². The number of terminal acetylenes is 1. The van der Waals surface area contributed by atoms with Crippen LogP contribution in [-0.2, 0) is 26.0 Å². The van der Waals surface area contributed by atoms with Crippen LogP contribution in [0.3, 0.4) is 0 Å². The molecule has 0 radical (unpaired) electrons. The smallest absolute Gasteiger partial charge is 0.339 e. The maximum atomic E-state index is 13.1. The Morgan fingerprint density at radius 2 is 1.93 bits per heavy atom. The molecule has 4 N–H and O–H groups in total. The number of aryl methyl sites for hydroxylation is 2. The highest BCUT2D eigenvalue weighted by atomic mass is 32.2. The molecule has 2 aromatic carbocycles. The van der Waals surface area contributed by atoms with Gasteiger partial charge in [-0.2, -0.15) is 0 Å². The van der Waals surface area contributed by atoms with Crippen molar-refractivity contribution in [3.05, 3.63) is 69.3 Å². The van der Waals surface area contributed by atoms with Crippen molar-refractivity contribution < 1.29 is 27.9 Å². The van der Waals surface area contributed by atoms with Crippen LogP contribution in [0.15, 0.2) is 41.2 Å². The Labute approximate surface area is 242 Å². The van der Waals surface area contributed by atoms with Gasteiger partial charge in [-0.05, 0) is 73.7 Å². The maximum Gasteiger partial charge on any atom is 0.339 e. The van der Waals surface area contributed by atoms with Gasteiger partial charge in [0, 0.05) is 11.3 Å². The van der Waals surface area contributed by atoms with E-state index in [1.807, 2.05) is 17.0 Å². The molecule has 0 bridgehead atoms. The van der Waals surface area contributed by atoms with Crippen molar-refractivity contribution in [3.8, 4) is 12.3 Å². The highest BCUT2D eigenvalue weighted by Gasteiger charge is 2.48. The average molecular weight is 594 g/mol. The predicted octanol–water partition coefficient (Wildman–Crippen LogP) is 1.79. The van der Waals surface area contributed by atoms with E-state index >= 15 is 0 Å². The molecule has 0 aliphatic heterocycles. The van der Waals surface area contributed by atoms with E-state index in [2.05, 4.69) is 21.2 Å². The third-order valence-corrected chi connectivity index (χ3v) is 7.77. The number of fused-ring (bicyclic) bond motifs is 2. The number of carbonyl (C=O) groups is 3. The van der Waals surface area contributed by atoms with E-state index in [9.17, 15) is 32.7 Å². The first kappa shape index (κ1) is 30.3. The molecule has 1 aromatic heterocycles. The van der Waals surface area contributed by atoms with Crippen LogP contribution in [0.2, 0.25) is 0 Å². The van der Waals surface area contributed by atoms with E-state index in [4.69, 9.17) is 6.42 Å². The molecule has 3 aromatic rings. The van der Waals surface area contributed by atoms with Gasteiger partial charge in [0.1, 0.15) is 5.82 Å². The van der Waals surface area contributed by atoms with Gasteiger partial charge < -0.3 is 20.3 Å². The van der Waals surface area contributed by atoms with Gasteiger partial charge in [0.25, 0.3) is 17.4 Å². The minimum absolute atomic E-state index is 0.0547. The topological polar surface area (TPSA) is 179 Å². The third-order valence-electron chi connectivity index (χ3n) is 7.21. The second kappa shape index (κ2) is 11.7. The standard InChI is InChI=1S/C29H31N5O7S/c1-5-13-29(28(38)39,27(37)33-42(4,40)41)32-25(35)18-7-10-20(11-8-18)34(14-6-2)24-12-9-19-15-23-22(16-21(19)24)26(36)31-17(3)30-23/h2,7-8,10-11,15-16,24H,5,9,12-14H2,1,3-4H3,(H,32,35)(H,33,37)(H,38,39)(H,30,31,36)/t24?,29-/m0/s1. The van der Waals surface area contributed by atoms with Crippen molar-refractivity contribution in [3.63, 3.8) is 0 Å². The third kappa shape index (κ3) is 5.99. The van der Waals surface area contributed by atoms with Crippen LogP contribution in [0, 0.1) is 19.3 Å². The Kier molecular flexibility index (Phi) is 8.40. The van der Waals surface area contributed by atoms with E-state index in [-0.39, 0.29) is 36.6 Å². The molecule has 2 atom stereocenters. The number of nitrogens with zero attached hydrogens (tertiary/aromatic N) is 2. The molecule has 0 spiro atoms. The molecule has 0 fully saturated rings. The lowest BCUT2D eigenvalue weighted by atomic mass is 9.92. The minimum Gasteiger partial charge on any atom is -0.479 e. The first-order valence-corrected chi connectivity index (χ1v) is 15.1. The Balaban J connectivity index is 1.63.